The zero-order valence-corrected chi connectivity index (χ0v) is 24.3. The molecule has 0 saturated carbocycles. The summed E-state index contributed by atoms with van der Waals surface area (Å²) in [7, 11) is 0.274. The minimum atomic E-state index is -3.57. The molecule has 1 fully saturated rings. The Bertz CT molecular complexity index is 1600. The van der Waals surface area contributed by atoms with Crippen molar-refractivity contribution in [1.29, 1.82) is 0 Å². The third-order valence-corrected chi connectivity index (χ3v) is 10.8. The molecule has 0 radical (unpaired) electrons. The van der Waals surface area contributed by atoms with Crippen molar-refractivity contribution in [3.8, 4) is 10.4 Å². The number of aromatic nitrogens is 3. The van der Waals surface area contributed by atoms with Crippen LogP contribution in [0.25, 0.3) is 21.3 Å². The smallest absolute Gasteiger partial charge is 0.242 e. The maximum atomic E-state index is 13.5. The third kappa shape index (κ3) is 5.18. The minimum Gasteiger partial charge on any atom is -0.351 e. The molecule has 4 aromatic rings. The number of fused-ring (bicyclic) bond motifs is 2. The maximum Gasteiger partial charge on any atom is 0.242 e. The molecule has 1 saturated heterocycles. The molecule has 0 atom stereocenters. The second kappa shape index (κ2) is 10.6. The van der Waals surface area contributed by atoms with E-state index in [1.807, 2.05) is 23.8 Å². The Morgan fingerprint density at radius 3 is 2.67 bits per heavy atom. The number of hydrogen-bond donors (Lipinski definition) is 0. The number of nitrogens with zero attached hydrogens (tertiary/aromatic N) is 6. The second-order valence-corrected chi connectivity index (χ2v) is 13.8. The molecule has 39 heavy (non-hydrogen) atoms. The van der Waals surface area contributed by atoms with Gasteiger partial charge in [0.05, 0.1) is 20.8 Å². The summed E-state index contributed by atoms with van der Waals surface area (Å²) >= 11 is 1.61. The predicted octanol–water partition coefficient (Wildman–Crippen LogP) is 4.59. The van der Waals surface area contributed by atoms with Gasteiger partial charge >= 0.3 is 0 Å². The fraction of sp³-hybridized carbons (Fsp3) is 0.414. The molecular weight excluding hydrogens is 528 g/mol. The molecule has 4 heterocycles. The normalized spacial score (nSPS) is 17.2. The second-order valence-electron chi connectivity index (χ2n) is 10.9. The lowest BCUT2D eigenvalue weighted by Crippen LogP contribution is -2.38. The first-order chi connectivity index (χ1) is 18.8. The highest BCUT2D eigenvalue weighted by Crippen LogP contribution is 2.35. The summed E-state index contributed by atoms with van der Waals surface area (Å²) < 4.78 is 28.6. The van der Waals surface area contributed by atoms with Gasteiger partial charge in [0.15, 0.2) is 0 Å². The molecule has 0 amide bonds. The van der Waals surface area contributed by atoms with Gasteiger partial charge in [0.1, 0.15) is 12.1 Å². The number of benzene rings is 2. The lowest BCUT2D eigenvalue weighted by atomic mass is 9.97. The van der Waals surface area contributed by atoms with Crippen LogP contribution in [0.5, 0.6) is 0 Å². The summed E-state index contributed by atoms with van der Waals surface area (Å²) in [5.74, 6) is 1.28. The molecule has 2 aromatic heterocycles. The number of piperidine rings is 1. The number of anilines is 1. The van der Waals surface area contributed by atoms with Crippen LogP contribution < -0.4 is 4.90 Å². The molecular formula is C29H34N6O2S2. The quantitative estimate of drug-likeness (QED) is 0.340. The van der Waals surface area contributed by atoms with E-state index in [-0.39, 0.29) is 0 Å². The number of likely N-dealkylation sites (tertiary alicyclic amines) is 1. The highest BCUT2D eigenvalue weighted by atomic mass is 32.2. The topological polar surface area (TPSA) is 82.5 Å². The van der Waals surface area contributed by atoms with E-state index in [9.17, 15) is 8.42 Å². The van der Waals surface area contributed by atoms with E-state index in [1.165, 1.54) is 5.56 Å². The van der Waals surface area contributed by atoms with Crippen molar-refractivity contribution in [2.24, 2.45) is 5.92 Å². The van der Waals surface area contributed by atoms with Crippen molar-refractivity contribution >= 4 is 38.1 Å². The predicted molar refractivity (Wildman–Crippen MR) is 157 cm³/mol. The van der Waals surface area contributed by atoms with Crippen LogP contribution in [-0.4, -0.2) is 72.8 Å². The molecule has 0 bridgehead atoms. The lowest BCUT2D eigenvalue weighted by Gasteiger charge is -2.32. The summed E-state index contributed by atoms with van der Waals surface area (Å²) in [5.41, 5.74) is 7.22. The molecule has 2 aliphatic rings. The number of hydrogen-bond acceptors (Lipinski definition) is 8. The largest absolute Gasteiger partial charge is 0.351 e. The Morgan fingerprint density at radius 2 is 1.90 bits per heavy atom. The van der Waals surface area contributed by atoms with Gasteiger partial charge in [-0.05, 0) is 98.8 Å². The van der Waals surface area contributed by atoms with Crippen molar-refractivity contribution in [1.82, 2.24) is 24.2 Å². The molecule has 2 aromatic carbocycles. The first-order valence-electron chi connectivity index (χ1n) is 13.5. The first-order valence-corrected chi connectivity index (χ1v) is 15.8. The van der Waals surface area contributed by atoms with Gasteiger partial charge in [0.2, 0.25) is 10.0 Å². The highest BCUT2D eigenvalue weighted by molar-refractivity contribution is 7.89. The minimum absolute atomic E-state index is 0.370. The van der Waals surface area contributed by atoms with Crippen LogP contribution in [0.4, 0.5) is 5.82 Å². The van der Waals surface area contributed by atoms with Crippen LogP contribution in [0, 0.1) is 12.8 Å². The average molecular weight is 563 g/mol. The maximum absolute atomic E-state index is 13.5. The molecule has 0 N–H and O–H groups in total. The molecule has 0 unspecified atom stereocenters. The van der Waals surface area contributed by atoms with E-state index in [0.29, 0.717) is 23.9 Å². The van der Waals surface area contributed by atoms with Crippen molar-refractivity contribution in [2.75, 3.05) is 45.2 Å². The van der Waals surface area contributed by atoms with Gasteiger partial charge in [-0.2, -0.15) is 0 Å². The fourth-order valence-electron chi connectivity index (χ4n) is 5.85. The van der Waals surface area contributed by atoms with Crippen LogP contribution in [0.3, 0.4) is 0 Å². The SMILES string of the molecule is Cc1cc(-c2cncs2)cc2c(N3CCc4ccc(S(=O)(=O)N(C)CC5CCN(C)CC5)cc4C3)ncnc12. The summed E-state index contributed by atoms with van der Waals surface area (Å²) in [6.45, 7) is 6.10. The molecule has 10 heteroatoms. The number of sulfonamides is 1. The summed E-state index contributed by atoms with van der Waals surface area (Å²) in [4.78, 5) is 19.6. The van der Waals surface area contributed by atoms with Gasteiger partial charge in [-0.1, -0.05) is 6.07 Å². The summed E-state index contributed by atoms with van der Waals surface area (Å²) in [6, 6.07) is 9.95. The lowest BCUT2D eigenvalue weighted by molar-refractivity contribution is 0.202. The number of thiazole rings is 1. The van der Waals surface area contributed by atoms with Crippen LogP contribution in [0.1, 0.15) is 29.5 Å². The van der Waals surface area contributed by atoms with Crippen LogP contribution in [-0.2, 0) is 23.0 Å². The van der Waals surface area contributed by atoms with Crippen molar-refractivity contribution in [3.05, 3.63) is 65.1 Å². The zero-order chi connectivity index (χ0) is 27.1. The Morgan fingerprint density at radius 1 is 1.08 bits per heavy atom. The van der Waals surface area contributed by atoms with E-state index in [1.54, 1.807) is 35.1 Å². The molecule has 6 rings (SSSR count). The Labute approximate surface area is 234 Å². The third-order valence-electron chi connectivity index (χ3n) is 8.18. The number of rotatable bonds is 6. The molecule has 0 spiro atoms. The number of aryl methyl sites for hydroxylation is 1. The Balaban J connectivity index is 1.28. The fourth-order valence-corrected chi connectivity index (χ4v) is 7.75. The average Bonchev–Trinajstić information content (AvgIpc) is 3.49. The van der Waals surface area contributed by atoms with Crippen LogP contribution >= 0.6 is 11.3 Å². The van der Waals surface area contributed by atoms with Gasteiger partial charge in [0, 0.05) is 38.3 Å². The summed E-state index contributed by atoms with van der Waals surface area (Å²) in [6.07, 6.45) is 6.42. The molecule has 2 aliphatic heterocycles. The van der Waals surface area contributed by atoms with Gasteiger partial charge in [-0.15, -0.1) is 11.3 Å². The van der Waals surface area contributed by atoms with Crippen molar-refractivity contribution in [2.45, 2.75) is 37.6 Å². The standard InChI is InChI=1S/C29H34N6O2S2/c1-20-12-23(27-15-30-19-38-27)14-26-28(20)31-18-32-29(26)35-11-8-22-4-5-25(13-24(22)17-35)39(36,37)34(3)16-21-6-9-33(2)10-7-21/h4-5,12-15,18-19,21H,6-11,16-17H2,1-3H3. The zero-order valence-electron chi connectivity index (χ0n) is 22.7. The van der Waals surface area contributed by atoms with Crippen LogP contribution in [0.2, 0.25) is 0 Å². The molecule has 0 aliphatic carbocycles. The Kier molecular flexibility index (Phi) is 7.13. The van der Waals surface area contributed by atoms with Crippen molar-refractivity contribution in [3.63, 3.8) is 0 Å². The van der Waals surface area contributed by atoms with E-state index in [2.05, 4.69) is 45.9 Å². The van der Waals surface area contributed by atoms with Crippen molar-refractivity contribution < 1.29 is 8.42 Å². The van der Waals surface area contributed by atoms with E-state index in [4.69, 9.17) is 4.98 Å². The van der Waals surface area contributed by atoms with E-state index >= 15 is 0 Å². The molecule has 204 valence electrons. The van der Waals surface area contributed by atoms with Gasteiger partial charge in [0.25, 0.3) is 0 Å². The monoisotopic (exact) mass is 562 g/mol. The Hall–Kier alpha value is -2.92. The van der Waals surface area contributed by atoms with Gasteiger partial charge in [-0.25, -0.2) is 22.7 Å². The van der Waals surface area contributed by atoms with Gasteiger partial charge < -0.3 is 9.80 Å². The summed E-state index contributed by atoms with van der Waals surface area (Å²) in [5, 5.41) is 1.01. The van der Waals surface area contributed by atoms with Crippen LogP contribution in [0.15, 0.2) is 53.3 Å². The van der Waals surface area contributed by atoms with Gasteiger partial charge in [-0.3, -0.25) is 4.98 Å². The van der Waals surface area contributed by atoms with E-state index < -0.39 is 10.0 Å². The highest BCUT2D eigenvalue weighted by Gasteiger charge is 2.28. The molecule has 8 nitrogen and oxygen atoms in total. The first kappa shape index (κ1) is 26.3. The van der Waals surface area contributed by atoms with E-state index in [0.717, 1.165) is 77.2 Å².